The molecule has 0 unspecified atom stereocenters. The maximum Gasteiger partial charge on any atom is 0.265 e. The molecule has 0 aliphatic carbocycles. The molecule has 30 heavy (non-hydrogen) atoms. The Hall–Kier alpha value is -2.77. The molecule has 1 N–H and O–H groups in total. The normalized spacial score (nSPS) is 14.0. The van der Waals surface area contributed by atoms with Crippen molar-refractivity contribution in [3.63, 3.8) is 0 Å². The number of nitrogens with one attached hydrogen (secondary N) is 1. The van der Waals surface area contributed by atoms with Gasteiger partial charge in [0, 0.05) is 16.0 Å². The van der Waals surface area contributed by atoms with Gasteiger partial charge in [0.15, 0.2) is 0 Å². The molecule has 0 bridgehead atoms. The highest BCUT2D eigenvalue weighted by molar-refractivity contribution is 7.98. The molecule has 1 aliphatic heterocycles. The number of benzene rings is 3. The van der Waals surface area contributed by atoms with Crippen molar-refractivity contribution in [2.45, 2.75) is 23.1 Å². The van der Waals surface area contributed by atoms with Crippen molar-refractivity contribution in [1.29, 1.82) is 0 Å². The lowest BCUT2D eigenvalue weighted by molar-refractivity contribution is -0.114. The predicted molar refractivity (Wildman–Crippen MR) is 123 cm³/mol. The fourth-order valence-corrected chi connectivity index (χ4v) is 5.84. The van der Waals surface area contributed by atoms with Crippen LogP contribution in [0.1, 0.15) is 12.5 Å². The van der Waals surface area contributed by atoms with E-state index in [9.17, 15) is 13.2 Å². The van der Waals surface area contributed by atoms with Crippen LogP contribution in [0.3, 0.4) is 0 Å². The number of hydrogen-bond acceptors (Lipinski definition) is 4. The van der Waals surface area contributed by atoms with Gasteiger partial charge in [0.1, 0.15) is 6.54 Å². The van der Waals surface area contributed by atoms with E-state index in [1.165, 1.54) is 16.1 Å². The number of amides is 1. The summed E-state index contributed by atoms with van der Waals surface area (Å²) < 4.78 is 28.0. The molecule has 4 rings (SSSR count). The Morgan fingerprint density at radius 2 is 1.73 bits per heavy atom. The van der Waals surface area contributed by atoms with Crippen LogP contribution in [0.25, 0.3) is 11.1 Å². The van der Waals surface area contributed by atoms with E-state index < -0.39 is 10.0 Å². The number of fused-ring (bicyclic) bond motifs is 3. The Bertz CT molecular complexity index is 1220. The first-order valence-corrected chi connectivity index (χ1v) is 12.3. The first-order chi connectivity index (χ1) is 14.5. The zero-order valence-corrected chi connectivity index (χ0v) is 18.4. The van der Waals surface area contributed by atoms with E-state index in [-0.39, 0.29) is 17.3 Å². The minimum Gasteiger partial charge on any atom is -0.323 e. The van der Waals surface area contributed by atoms with E-state index in [1.54, 1.807) is 18.2 Å². The number of anilines is 2. The number of carbonyl (C=O) groups excluding carboxylic acids is 1. The third-order valence-electron chi connectivity index (χ3n) is 5.15. The van der Waals surface area contributed by atoms with E-state index >= 15 is 0 Å². The van der Waals surface area contributed by atoms with E-state index in [4.69, 9.17) is 0 Å². The summed E-state index contributed by atoms with van der Waals surface area (Å²) in [5.74, 6) is -0.384. The predicted octanol–water partition coefficient (Wildman–Crippen LogP) is 4.79. The van der Waals surface area contributed by atoms with Crippen molar-refractivity contribution in [3.05, 3.63) is 72.3 Å². The number of para-hydroxylation sites is 1. The quantitative estimate of drug-likeness (QED) is 0.582. The molecule has 0 saturated heterocycles. The molecular weight excluding hydrogens is 416 g/mol. The van der Waals surface area contributed by atoms with Crippen molar-refractivity contribution >= 4 is 39.1 Å². The summed E-state index contributed by atoms with van der Waals surface area (Å²) in [5, 5.41) is 2.86. The molecule has 0 saturated carbocycles. The topological polar surface area (TPSA) is 66.5 Å². The van der Waals surface area contributed by atoms with Gasteiger partial charge in [0.25, 0.3) is 10.0 Å². The van der Waals surface area contributed by atoms with Gasteiger partial charge in [0.2, 0.25) is 5.91 Å². The molecule has 1 aliphatic rings. The molecule has 1 amide bonds. The SMILES string of the molecule is CCc1ccc2c(c1)-c1ccccc1S(=O)(=O)N2CC(=O)Nc1ccccc1SC. The summed E-state index contributed by atoms with van der Waals surface area (Å²) in [6, 6.07) is 20.1. The Labute approximate surface area is 181 Å². The van der Waals surface area contributed by atoms with Crippen LogP contribution in [-0.4, -0.2) is 27.1 Å². The Balaban J connectivity index is 1.74. The highest BCUT2D eigenvalue weighted by Gasteiger charge is 2.36. The number of rotatable bonds is 5. The van der Waals surface area contributed by atoms with Gasteiger partial charge in [-0.3, -0.25) is 9.10 Å². The van der Waals surface area contributed by atoms with Crippen LogP contribution in [0, 0.1) is 0 Å². The number of nitrogens with zero attached hydrogens (tertiary/aromatic N) is 1. The molecule has 0 radical (unpaired) electrons. The molecular formula is C23H22N2O3S2. The number of sulfonamides is 1. The second-order valence-electron chi connectivity index (χ2n) is 6.96. The van der Waals surface area contributed by atoms with Gasteiger partial charge in [-0.1, -0.05) is 43.3 Å². The van der Waals surface area contributed by atoms with Crippen LogP contribution < -0.4 is 9.62 Å². The fourth-order valence-electron chi connectivity index (χ4n) is 3.64. The lowest BCUT2D eigenvalue weighted by atomic mass is 9.99. The largest absolute Gasteiger partial charge is 0.323 e. The van der Waals surface area contributed by atoms with Gasteiger partial charge in [-0.25, -0.2) is 8.42 Å². The van der Waals surface area contributed by atoms with Crippen LogP contribution in [0.15, 0.2) is 76.5 Å². The van der Waals surface area contributed by atoms with Crippen molar-refractivity contribution in [2.24, 2.45) is 0 Å². The summed E-state index contributed by atoms with van der Waals surface area (Å²) >= 11 is 1.52. The summed E-state index contributed by atoms with van der Waals surface area (Å²) in [4.78, 5) is 14.0. The molecule has 7 heteroatoms. The zero-order valence-electron chi connectivity index (χ0n) is 16.8. The maximum absolute atomic E-state index is 13.4. The summed E-state index contributed by atoms with van der Waals surface area (Å²) in [6.07, 6.45) is 2.77. The molecule has 3 aromatic rings. The number of aryl methyl sites for hydroxylation is 1. The van der Waals surface area contributed by atoms with E-state index in [0.717, 1.165) is 22.4 Å². The first-order valence-electron chi connectivity index (χ1n) is 9.63. The number of hydrogen-bond donors (Lipinski definition) is 1. The van der Waals surface area contributed by atoms with Crippen LogP contribution in [0.2, 0.25) is 0 Å². The van der Waals surface area contributed by atoms with E-state index in [2.05, 4.69) is 12.2 Å². The molecule has 1 heterocycles. The fraction of sp³-hybridized carbons (Fsp3) is 0.174. The highest BCUT2D eigenvalue weighted by Crippen LogP contribution is 2.43. The van der Waals surface area contributed by atoms with Crippen LogP contribution in [-0.2, 0) is 21.2 Å². The average Bonchev–Trinajstić information content (AvgIpc) is 2.77. The van der Waals surface area contributed by atoms with Crippen molar-refractivity contribution in [2.75, 3.05) is 22.4 Å². The molecule has 5 nitrogen and oxygen atoms in total. The highest BCUT2D eigenvalue weighted by atomic mass is 32.2. The van der Waals surface area contributed by atoms with Crippen molar-refractivity contribution in [3.8, 4) is 11.1 Å². The van der Waals surface area contributed by atoms with E-state index in [1.807, 2.05) is 54.8 Å². The van der Waals surface area contributed by atoms with E-state index in [0.29, 0.717) is 16.9 Å². The van der Waals surface area contributed by atoms with Gasteiger partial charge < -0.3 is 5.32 Å². The third-order valence-corrected chi connectivity index (χ3v) is 7.77. The van der Waals surface area contributed by atoms with Gasteiger partial charge in [-0.05, 0) is 48.6 Å². The van der Waals surface area contributed by atoms with Gasteiger partial charge >= 0.3 is 0 Å². The smallest absolute Gasteiger partial charge is 0.265 e. The molecule has 0 fully saturated rings. The monoisotopic (exact) mass is 438 g/mol. The summed E-state index contributed by atoms with van der Waals surface area (Å²) in [5.41, 5.74) is 3.82. The first kappa shape index (κ1) is 20.5. The minimum atomic E-state index is -3.85. The second kappa shape index (κ2) is 8.16. The van der Waals surface area contributed by atoms with Crippen molar-refractivity contribution in [1.82, 2.24) is 0 Å². The summed E-state index contributed by atoms with van der Waals surface area (Å²) in [7, 11) is -3.85. The van der Waals surface area contributed by atoms with Gasteiger partial charge in [-0.15, -0.1) is 11.8 Å². The molecule has 0 atom stereocenters. The third kappa shape index (κ3) is 3.59. The molecule has 154 valence electrons. The zero-order chi connectivity index (χ0) is 21.3. The van der Waals surface area contributed by atoms with Gasteiger partial charge in [0.05, 0.1) is 16.3 Å². The molecule has 0 aromatic heterocycles. The molecule has 0 spiro atoms. The standard InChI is InChI=1S/C23H22N2O3S2/c1-3-16-12-13-20-18(14-16)17-8-4-7-11-22(17)30(27,28)25(20)15-23(26)24-19-9-5-6-10-21(19)29-2/h4-14H,3,15H2,1-2H3,(H,24,26). The van der Waals surface area contributed by atoms with Crippen LogP contribution in [0.4, 0.5) is 11.4 Å². The van der Waals surface area contributed by atoms with Crippen LogP contribution in [0.5, 0.6) is 0 Å². The lowest BCUT2D eigenvalue weighted by Crippen LogP contribution is -2.40. The molecule has 3 aromatic carbocycles. The Morgan fingerprint density at radius 3 is 2.50 bits per heavy atom. The Morgan fingerprint density at radius 1 is 1.00 bits per heavy atom. The minimum absolute atomic E-state index is 0.225. The second-order valence-corrected chi connectivity index (χ2v) is 9.64. The number of carbonyl (C=O) groups is 1. The summed E-state index contributed by atoms with van der Waals surface area (Å²) in [6.45, 7) is 1.76. The average molecular weight is 439 g/mol. The van der Waals surface area contributed by atoms with Gasteiger partial charge in [-0.2, -0.15) is 0 Å². The maximum atomic E-state index is 13.4. The Kier molecular flexibility index (Phi) is 5.58. The number of thioether (sulfide) groups is 1. The van der Waals surface area contributed by atoms with Crippen LogP contribution >= 0.6 is 11.8 Å². The van der Waals surface area contributed by atoms with Crippen molar-refractivity contribution < 1.29 is 13.2 Å². The lowest BCUT2D eigenvalue weighted by Gasteiger charge is -2.32.